The lowest BCUT2D eigenvalue weighted by Crippen LogP contribution is -2.42. The number of benzene rings is 3. The number of rotatable bonds is 11. The van der Waals surface area contributed by atoms with Crippen LogP contribution in [-0.2, 0) is 33.5 Å². The number of nitrogens with zero attached hydrogens (tertiary/aromatic N) is 1. The van der Waals surface area contributed by atoms with Gasteiger partial charge in [0.1, 0.15) is 23.4 Å². The van der Waals surface area contributed by atoms with E-state index in [9.17, 15) is 37.8 Å². The van der Waals surface area contributed by atoms with Gasteiger partial charge in [-0.15, -0.1) is 0 Å². The zero-order valence-corrected chi connectivity index (χ0v) is 27.1. The third-order valence-electron chi connectivity index (χ3n) is 8.13. The second kappa shape index (κ2) is 15.0. The van der Waals surface area contributed by atoms with Crippen LogP contribution in [0.25, 0.3) is 11.1 Å². The Kier molecular flexibility index (Phi) is 11.3. The molecule has 1 unspecified atom stereocenters. The van der Waals surface area contributed by atoms with E-state index < -0.39 is 77.0 Å². The fourth-order valence-corrected chi connectivity index (χ4v) is 5.82. The Morgan fingerprint density at radius 2 is 1.69 bits per heavy atom. The molecule has 260 valence electrons. The van der Waals surface area contributed by atoms with Crippen molar-refractivity contribution in [3.8, 4) is 16.9 Å². The van der Waals surface area contributed by atoms with Crippen LogP contribution in [0, 0.1) is 25.5 Å². The number of aromatic hydroxyl groups is 1. The van der Waals surface area contributed by atoms with Gasteiger partial charge in [-0.05, 0) is 85.8 Å². The van der Waals surface area contributed by atoms with Gasteiger partial charge in [-0.25, -0.2) is 8.78 Å². The van der Waals surface area contributed by atoms with Crippen molar-refractivity contribution in [1.29, 1.82) is 0 Å². The third-order valence-corrected chi connectivity index (χ3v) is 8.13. The van der Waals surface area contributed by atoms with Crippen molar-refractivity contribution < 1.29 is 46.5 Å². The molecule has 0 bridgehead atoms. The number of pyridine rings is 1. The quantitative estimate of drug-likeness (QED) is 0.121. The van der Waals surface area contributed by atoms with Crippen molar-refractivity contribution in [2.45, 2.75) is 65.4 Å². The van der Waals surface area contributed by atoms with Crippen LogP contribution in [0.15, 0.2) is 65.6 Å². The number of ether oxygens (including phenoxy) is 1. The van der Waals surface area contributed by atoms with E-state index in [1.165, 1.54) is 45.0 Å². The molecule has 13 heteroatoms. The van der Waals surface area contributed by atoms with Crippen molar-refractivity contribution in [3.05, 3.63) is 122 Å². The minimum absolute atomic E-state index is 0.0549. The van der Waals surface area contributed by atoms with Crippen LogP contribution < -0.4 is 10.9 Å². The summed E-state index contributed by atoms with van der Waals surface area (Å²) in [4.78, 5) is 40.7. The summed E-state index contributed by atoms with van der Waals surface area (Å²) < 4.78 is 78.5. The molecule has 1 amide bonds. The molecule has 8 nitrogen and oxygen atoms in total. The number of carbonyl (C=O) groups is 2. The minimum atomic E-state index is -4.90. The number of aliphatic hydroxyl groups excluding tert-OH is 1. The molecule has 4 rings (SSSR count). The van der Waals surface area contributed by atoms with Gasteiger partial charge >= 0.3 is 12.1 Å². The predicted octanol–water partition coefficient (Wildman–Crippen LogP) is 6.59. The van der Waals surface area contributed by atoms with E-state index >= 15 is 8.78 Å². The maximum atomic E-state index is 15.9. The summed E-state index contributed by atoms with van der Waals surface area (Å²) in [6, 6.07) is 7.93. The second-order valence-corrected chi connectivity index (χ2v) is 11.4. The van der Waals surface area contributed by atoms with Crippen LogP contribution in [0.1, 0.15) is 71.3 Å². The number of nitrogens with one attached hydrogen (secondary N) is 1. The average molecular weight is 687 g/mol. The number of phenols is 1. The van der Waals surface area contributed by atoms with Crippen molar-refractivity contribution in [1.82, 2.24) is 9.88 Å². The maximum absolute atomic E-state index is 15.9. The summed E-state index contributed by atoms with van der Waals surface area (Å²) in [5, 5.41) is 22.9. The molecule has 1 heterocycles. The van der Waals surface area contributed by atoms with Gasteiger partial charge in [-0.3, -0.25) is 19.0 Å². The molecule has 0 aliphatic carbocycles. The minimum Gasteiger partial charge on any atom is -0.507 e. The van der Waals surface area contributed by atoms with Crippen LogP contribution in [-0.4, -0.2) is 33.3 Å². The van der Waals surface area contributed by atoms with E-state index in [1.54, 1.807) is 19.1 Å². The van der Waals surface area contributed by atoms with Crippen LogP contribution in [0.3, 0.4) is 0 Å². The number of aliphatic hydroxyl groups is 1. The van der Waals surface area contributed by atoms with E-state index in [4.69, 9.17) is 4.74 Å². The van der Waals surface area contributed by atoms with Gasteiger partial charge in [0.25, 0.3) is 5.56 Å². The Balaban J connectivity index is 1.94. The average Bonchev–Trinajstić information content (AvgIpc) is 3.03. The van der Waals surface area contributed by atoms with Crippen molar-refractivity contribution in [2.75, 3.05) is 6.61 Å². The molecule has 0 spiro atoms. The highest BCUT2D eigenvalue weighted by Gasteiger charge is 2.37. The predicted molar refractivity (Wildman–Crippen MR) is 171 cm³/mol. The van der Waals surface area contributed by atoms with Gasteiger partial charge in [0.15, 0.2) is 0 Å². The molecular weight excluding hydrogens is 651 g/mol. The molecule has 1 aromatic heterocycles. The van der Waals surface area contributed by atoms with E-state index in [0.29, 0.717) is 33.5 Å². The first-order valence-corrected chi connectivity index (χ1v) is 15.4. The first-order chi connectivity index (χ1) is 23.1. The molecule has 4 aromatic rings. The number of halogens is 5. The van der Waals surface area contributed by atoms with Crippen LogP contribution in [0.4, 0.5) is 22.0 Å². The molecule has 3 aromatic carbocycles. The molecule has 3 N–H and O–H groups in total. The highest BCUT2D eigenvalue weighted by atomic mass is 19.4. The molecule has 2 atom stereocenters. The maximum Gasteiger partial charge on any atom is 0.416 e. The second-order valence-electron chi connectivity index (χ2n) is 11.4. The first-order valence-electron chi connectivity index (χ1n) is 15.4. The van der Waals surface area contributed by atoms with E-state index in [-0.39, 0.29) is 35.5 Å². The molecule has 0 saturated carbocycles. The Morgan fingerprint density at radius 3 is 2.31 bits per heavy atom. The lowest BCUT2D eigenvalue weighted by molar-refractivity contribution is -0.144. The number of alkyl halides is 3. The summed E-state index contributed by atoms with van der Waals surface area (Å²) >= 11 is 0. The van der Waals surface area contributed by atoms with Gasteiger partial charge < -0.3 is 20.3 Å². The lowest BCUT2D eigenvalue weighted by Gasteiger charge is -2.27. The standard InChI is InChI=1S/C36H35F5N2O6/c1-5-23-26(36(39,40)41)12-13-43(35(23)48)33(24-15-21(18-44)10-11-27(24)37)34(47)42-28(17-30(46)49-6-2)25-16-22(14-20(4)32(25)38)31-19(3)8-7-9-29(31)45/h7-16,28,33,44-45H,5-6,17-18H2,1-4H3,(H,42,47)/t28-,33?/m0/s1. The Morgan fingerprint density at radius 1 is 0.980 bits per heavy atom. The first kappa shape index (κ1) is 36.8. The number of hydrogen-bond donors (Lipinski definition) is 3. The van der Waals surface area contributed by atoms with Gasteiger partial charge in [0.05, 0.1) is 31.2 Å². The monoisotopic (exact) mass is 686 g/mol. The summed E-state index contributed by atoms with van der Waals surface area (Å²) in [7, 11) is 0. The SMILES string of the molecule is CCOC(=O)C[C@H](NC(=O)C(c1cc(CO)ccc1F)n1ccc(C(F)(F)F)c(CC)c1=O)c1cc(-c2c(C)cccc2O)cc(C)c1F. The number of aromatic nitrogens is 1. The Hall–Kier alpha value is -5.04. The highest BCUT2D eigenvalue weighted by Crippen LogP contribution is 2.37. The third kappa shape index (κ3) is 7.83. The highest BCUT2D eigenvalue weighted by molar-refractivity contribution is 5.85. The van der Waals surface area contributed by atoms with Crippen molar-refractivity contribution in [2.24, 2.45) is 0 Å². The van der Waals surface area contributed by atoms with Gasteiger partial charge in [-0.1, -0.05) is 25.1 Å². The zero-order valence-electron chi connectivity index (χ0n) is 27.1. The summed E-state index contributed by atoms with van der Waals surface area (Å²) in [5.41, 5.74) is -2.27. The number of phenolic OH excluding ortho intramolecular Hbond substituents is 1. The van der Waals surface area contributed by atoms with Crippen molar-refractivity contribution in [3.63, 3.8) is 0 Å². The molecular formula is C36H35F5N2O6. The summed E-state index contributed by atoms with van der Waals surface area (Å²) in [6.07, 6.45) is -5.20. The fourth-order valence-electron chi connectivity index (χ4n) is 5.82. The van der Waals surface area contributed by atoms with Gasteiger partial charge in [-0.2, -0.15) is 13.2 Å². The van der Waals surface area contributed by atoms with Crippen LogP contribution in [0.2, 0.25) is 0 Å². The van der Waals surface area contributed by atoms with E-state index in [0.717, 1.165) is 12.1 Å². The normalized spacial score (nSPS) is 12.8. The van der Waals surface area contributed by atoms with E-state index in [2.05, 4.69) is 5.32 Å². The Bertz CT molecular complexity index is 1920. The molecule has 0 aliphatic rings. The topological polar surface area (TPSA) is 118 Å². The smallest absolute Gasteiger partial charge is 0.416 e. The number of hydrogen-bond acceptors (Lipinski definition) is 6. The molecule has 0 fully saturated rings. The number of esters is 1. The molecule has 49 heavy (non-hydrogen) atoms. The summed E-state index contributed by atoms with van der Waals surface area (Å²) in [6.45, 7) is 5.36. The number of amides is 1. The Labute approximate surface area is 278 Å². The zero-order chi connectivity index (χ0) is 36.2. The molecule has 0 radical (unpaired) electrons. The number of carbonyl (C=O) groups excluding carboxylic acids is 2. The summed E-state index contributed by atoms with van der Waals surface area (Å²) in [5.74, 6) is -3.98. The number of aryl methyl sites for hydroxylation is 2. The molecule has 0 aliphatic heterocycles. The van der Waals surface area contributed by atoms with Crippen LogP contribution in [0.5, 0.6) is 5.75 Å². The largest absolute Gasteiger partial charge is 0.507 e. The lowest BCUT2D eigenvalue weighted by atomic mass is 9.92. The fraction of sp³-hybridized carbons (Fsp3) is 0.306. The van der Waals surface area contributed by atoms with Crippen molar-refractivity contribution >= 4 is 11.9 Å². The van der Waals surface area contributed by atoms with Crippen LogP contribution >= 0.6 is 0 Å². The van der Waals surface area contributed by atoms with Gasteiger partial charge in [0.2, 0.25) is 5.91 Å². The molecule has 0 saturated heterocycles. The van der Waals surface area contributed by atoms with E-state index in [1.807, 2.05) is 0 Å². The van der Waals surface area contributed by atoms with Gasteiger partial charge in [0, 0.05) is 28.5 Å².